The van der Waals surface area contributed by atoms with E-state index < -0.39 is 11.7 Å². The van der Waals surface area contributed by atoms with Crippen LogP contribution >= 0.6 is 11.6 Å². The van der Waals surface area contributed by atoms with Gasteiger partial charge in [0.15, 0.2) is 0 Å². The molecule has 9 heteroatoms. The highest BCUT2D eigenvalue weighted by Gasteiger charge is 2.44. The summed E-state index contributed by atoms with van der Waals surface area (Å²) in [6, 6.07) is 15.8. The fourth-order valence-electron chi connectivity index (χ4n) is 7.49. The number of methoxy groups -OCH3 is 1. The van der Waals surface area contributed by atoms with E-state index in [2.05, 4.69) is 10.6 Å². The summed E-state index contributed by atoms with van der Waals surface area (Å²) in [4.78, 5) is 32.7. The number of carbonyl (C=O) groups is 2. The summed E-state index contributed by atoms with van der Waals surface area (Å²) in [5, 5.41) is 20.5. The molecule has 1 aliphatic heterocycles. The van der Waals surface area contributed by atoms with E-state index in [-0.39, 0.29) is 17.7 Å². The molecule has 1 saturated heterocycles. The summed E-state index contributed by atoms with van der Waals surface area (Å²) >= 11 is 6.94. The Bertz CT molecular complexity index is 1490. The van der Waals surface area contributed by atoms with Crippen molar-refractivity contribution in [1.29, 1.82) is 0 Å². The second-order valence-electron chi connectivity index (χ2n) is 12.9. The number of aliphatic hydroxyl groups is 1. The van der Waals surface area contributed by atoms with E-state index in [1.165, 1.54) is 7.11 Å². The molecule has 1 aliphatic carbocycles. The van der Waals surface area contributed by atoms with Crippen LogP contribution in [0.15, 0.2) is 48.5 Å². The zero-order chi connectivity index (χ0) is 32.0. The van der Waals surface area contributed by atoms with E-state index in [1.807, 2.05) is 67.4 Å². The number of benzene rings is 2. The van der Waals surface area contributed by atoms with Crippen molar-refractivity contribution in [2.75, 3.05) is 40.3 Å². The number of nitrogens with one attached hydrogen (secondary N) is 2. The van der Waals surface area contributed by atoms with Crippen LogP contribution in [0, 0.1) is 24.7 Å². The van der Waals surface area contributed by atoms with Crippen molar-refractivity contribution < 1.29 is 19.4 Å². The molecule has 2 aliphatic rings. The molecule has 5 rings (SSSR count). The number of ether oxygens (including phenoxy) is 1. The molecule has 2 heterocycles. The number of halogens is 1. The van der Waals surface area contributed by atoms with Gasteiger partial charge in [-0.25, -0.2) is 9.78 Å². The molecule has 2 atom stereocenters. The summed E-state index contributed by atoms with van der Waals surface area (Å²) < 4.78 is 4.75. The zero-order valence-corrected chi connectivity index (χ0v) is 27.5. The Hall–Kier alpha value is -3.20. The van der Waals surface area contributed by atoms with Gasteiger partial charge in [0.25, 0.3) is 0 Å². The van der Waals surface area contributed by atoms with E-state index >= 15 is 0 Å². The number of alkyl carbamates (subject to hydrolysis) is 1. The maximum absolute atomic E-state index is 13.8. The molecular formula is C36H47ClN4O4. The smallest absolute Gasteiger partial charge is 0.406 e. The van der Waals surface area contributed by atoms with Crippen LogP contribution in [0.5, 0.6) is 0 Å². The Labute approximate surface area is 271 Å². The topological polar surface area (TPSA) is 104 Å². The van der Waals surface area contributed by atoms with Gasteiger partial charge in [0.2, 0.25) is 5.91 Å². The summed E-state index contributed by atoms with van der Waals surface area (Å²) in [6.07, 6.45) is 5.94. The van der Waals surface area contributed by atoms with Crippen LogP contribution in [-0.2, 0) is 15.1 Å². The van der Waals surface area contributed by atoms with E-state index in [9.17, 15) is 14.7 Å². The van der Waals surface area contributed by atoms with Gasteiger partial charge >= 0.3 is 6.09 Å². The van der Waals surface area contributed by atoms with Gasteiger partial charge < -0.3 is 25.4 Å². The first-order valence-corrected chi connectivity index (χ1v) is 16.8. The lowest BCUT2D eigenvalue weighted by molar-refractivity contribution is -0.142. The number of amides is 2. The largest absolute Gasteiger partial charge is 0.453 e. The van der Waals surface area contributed by atoms with Crippen molar-refractivity contribution in [3.05, 3.63) is 64.7 Å². The fourth-order valence-corrected chi connectivity index (χ4v) is 7.76. The van der Waals surface area contributed by atoms with Crippen LogP contribution < -0.4 is 10.6 Å². The number of piperidine rings is 1. The number of rotatable bonds is 10. The Balaban J connectivity index is 1.47. The first kappa shape index (κ1) is 33.2. The van der Waals surface area contributed by atoms with Gasteiger partial charge in [0.05, 0.1) is 28.9 Å². The van der Waals surface area contributed by atoms with Crippen molar-refractivity contribution in [3.8, 4) is 11.3 Å². The maximum Gasteiger partial charge on any atom is 0.406 e. The second kappa shape index (κ2) is 14.9. The number of likely N-dealkylation sites (tertiary alicyclic amines) is 1. The molecule has 0 radical (unpaired) electrons. The Kier molecular flexibility index (Phi) is 11.0. The number of pyridine rings is 1. The minimum absolute atomic E-state index is 0.0426. The number of nitrogens with zero attached hydrogens (tertiary/aromatic N) is 2. The molecule has 0 bridgehead atoms. The number of aryl methyl sites for hydroxylation is 1. The molecular weight excluding hydrogens is 588 g/mol. The van der Waals surface area contributed by atoms with Gasteiger partial charge in [-0.3, -0.25) is 4.79 Å². The minimum atomic E-state index is -1.32. The lowest BCUT2D eigenvalue weighted by Crippen LogP contribution is -2.50. The van der Waals surface area contributed by atoms with E-state index in [0.717, 1.165) is 61.5 Å². The monoisotopic (exact) mass is 634 g/mol. The number of para-hydroxylation sites is 1. The lowest BCUT2D eigenvalue weighted by atomic mass is 9.72. The maximum atomic E-state index is 13.8. The van der Waals surface area contributed by atoms with Crippen LogP contribution in [-0.4, -0.2) is 67.3 Å². The SMILES string of the molecule is CNCC1CCC(C(=O)N2CCC[C@@H]([C@@](O)(CCCNC(=O)OC)c3cccc(Cl)c3-c3ccc4cccc(C)c4n3)C2)CC1. The number of hydrogen-bond acceptors (Lipinski definition) is 6. The molecule has 45 heavy (non-hydrogen) atoms. The molecule has 1 aromatic heterocycles. The second-order valence-corrected chi connectivity index (χ2v) is 13.3. The van der Waals surface area contributed by atoms with E-state index in [4.69, 9.17) is 21.3 Å². The normalized spacial score (nSPS) is 21.7. The number of carbonyl (C=O) groups excluding carboxylic acids is 2. The van der Waals surface area contributed by atoms with E-state index in [0.29, 0.717) is 60.2 Å². The third-order valence-electron chi connectivity index (χ3n) is 9.94. The van der Waals surface area contributed by atoms with Gasteiger partial charge in [-0.05, 0) is 101 Å². The molecule has 0 unspecified atom stereocenters. The van der Waals surface area contributed by atoms with Gasteiger partial charge in [-0.1, -0.05) is 48.0 Å². The highest BCUT2D eigenvalue weighted by molar-refractivity contribution is 6.33. The first-order chi connectivity index (χ1) is 21.7. The predicted molar refractivity (Wildman–Crippen MR) is 179 cm³/mol. The van der Waals surface area contributed by atoms with Crippen LogP contribution in [0.25, 0.3) is 22.2 Å². The van der Waals surface area contributed by atoms with Crippen molar-refractivity contribution >= 4 is 34.5 Å². The summed E-state index contributed by atoms with van der Waals surface area (Å²) in [7, 11) is 3.32. The standard InChI is InChI=1S/C36H47ClN4O4/c1-24-8-4-9-26-17-18-31(40-33(24)26)32-29(11-5-12-30(32)37)36(44,19-7-20-39-35(43)45-3)28-10-6-21-41(23-28)34(42)27-15-13-25(14-16-27)22-38-2/h4-5,8-9,11-12,17-18,25,27-28,38,44H,6-7,10,13-16,19-23H2,1-3H3,(H,39,43)/t25?,27?,28-,36+/m1/s1. The zero-order valence-electron chi connectivity index (χ0n) is 26.8. The molecule has 2 amide bonds. The highest BCUT2D eigenvalue weighted by Crippen LogP contribution is 2.46. The molecule has 3 aromatic rings. The lowest BCUT2D eigenvalue weighted by Gasteiger charge is -2.44. The summed E-state index contributed by atoms with van der Waals surface area (Å²) in [5.74, 6) is 0.676. The van der Waals surface area contributed by atoms with Gasteiger partial charge in [0, 0.05) is 42.4 Å². The quantitative estimate of drug-likeness (QED) is 0.222. The van der Waals surface area contributed by atoms with Gasteiger partial charge in [-0.15, -0.1) is 0 Å². The molecule has 0 spiro atoms. The Morgan fingerprint density at radius 1 is 1.09 bits per heavy atom. The van der Waals surface area contributed by atoms with Crippen LogP contribution in [0.3, 0.4) is 0 Å². The van der Waals surface area contributed by atoms with Crippen molar-refractivity contribution in [2.45, 2.75) is 63.9 Å². The van der Waals surface area contributed by atoms with Crippen LogP contribution in [0.1, 0.15) is 62.5 Å². The number of aromatic nitrogens is 1. The number of fused-ring (bicyclic) bond motifs is 1. The molecule has 1 saturated carbocycles. The molecule has 242 valence electrons. The van der Waals surface area contributed by atoms with Crippen LogP contribution in [0.2, 0.25) is 5.02 Å². The van der Waals surface area contributed by atoms with E-state index in [1.54, 1.807) is 0 Å². The summed E-state index contributed by atoms with van der Waals surface area (Å²) in [5.41, 5.74) is 2.76. The van der Waals surface area contributed by atoms with Gasteiger partial charge in [0.1, 0.15) is 0 Å². The Morgan fingerprint density at radius 2 is 1.87 bits per heavy atom. The number of hydrogen-bond donors (Lipinski definition) is 3. The third-order valence-corrected chi connectivity index (χ3v) is 10.3. The van der Waals surface area contributed by atoms with Crippen LogP contribution in [0.4, 0.5) is 4.79 Å². The Morgan fingerprint density at radius 3 is 2.62 bits per heavy atom. The third kappa shape index (κ3) is 7.45. The van der Waals surface area contributed by atoms with Gasteiger partial charge in [-0.2, -0.15) is 0 Å². The molecule has 8 nitrogen and oxygen atoms in total. The fraction of sp³-hybridized carbons (Fsp3) is 0.528. The van der Waals surface area contributed by atoms with Crippen molar-refractivity contribution in [3.63, 3.8) is 0 Å². The average molecular weight is 635 g/mol. The predicted octanol–water partition coefficient (Wildman–Crippen LogP) is 6.45. The first-order valence-electron chi connectivity index (χ1n) is 16.4. The van der Waals surface area contributed by atoms with Crippen molar-refractivity contribution in [1.82, 2.24) is 20.5 Å². The molecule has 3 N–H and O–H groups in total. The summed E-state index contributed by atoms with van der Waals surface area (Å²) in [6.45, 7) is 4.58. The molecule has 2 fully saturated rings. The minimum Gasteiger partial charge on any atom is -0.453 e. The highest BCUT2D eigenvalue weighted by atomic mass is 35.5. The molecule has 2 aromatic carbocycles. The average Bonchev–Trinajstić information content (AvgIpc) is 3.06. The van der Waals surface area contributed by atoms with Crippen molar-refractivity contribution in [2.24, 2.45) is 17.8 Å².